The van der Waals surface area contributed by atoms with Crippen molar-refractivity contribution in [3.63, 3.8) is 0 Å². The highest BCUT2D eigenvalue weighted by atomic mass is 79.9. The van der Waals surface area contributed by atoms with Gasteiger partial charge in [0.25, 0.3) is 0 Å². The molecule has 0 spiro atoms. The first kappa shape index (κ1) is 14.3. The van der Waals surface area contributed by atoms with Gasteiger partial charge in [-0.1, -0.05) is 0 Å². The fraction of sp³-hybridized carbons (Fsp3) is 0.300. The van der Waals surface area contributed by atoms with Crippen LogP contribution in [0.1, 0.15) is 11.5 Å². The van der Waals surface area contributed by atoms with Crippen molar-refractivity contribution in [3.05, 3.63) is 34.7 Å². The van der Waals surface area contributed by atoms with E-state index >= 15 is 0 Å². The third kappa shape index (κ3) is 3.44. The van der Waals surface area contributed by atoms with Gasteiger partial charge in [-0.3, -0.25) is 0 Å². The monoisotopic (exact) mass is 348 g/mol. The van der Waals surface area contributed by atoms with Crippen LogP contribution in [0, 0.1) is 0 Å². The Bertz CT molecular complexity index is 636. The molecular weight excluding hydrogens is 336 g/mol. The average molecular weight is 349 g/mol. The first-order valence-corrected chi connectivity index (χ1v) is 7.75. The van der Waals surface area contributed by atoms with Gasteiger partial charge in [-0.15, -0.1) is 0 Å². The zero-order valence-electron chi connectivity index (χ0n) is 9.89. The number of sulfonamides is 1. The van der Waals surface area contributed by atoms with Crippen LogP contribution in [0.25, 0.3) is 0 Å². The predicted molar refractivity (Wildman–Crippen MR) is 71.8 cm³/mol. The Kier molecular flexibility index (Phi) is 4.40. The predicted octanol–water partition coefficient (Wildman–Crippen LogP) is 0.745. The molecule has 0 aliphatic heterocycles. The molecule has 0 unspecified atom stereocenters. The number of nitrogens with two attached hydrogens (primary N) is 1. The lowest BCUT2D eigenvalue weighted by atomic mass is 10.3. The maximum atomic E-state index is 12.0. The van der Waals surface area contributed by atoms with E-state index in [1.54, 1.807) is 12.5 Å². The molecular formula is C10H13BrN4O3S. The van der Waals surface area contributed by atoms with Gasteiger partial charge < -0.3 is 15.1 Å². The molecule has 2 aromatic rings. The molecule has 0 atom stereocenters. The van der Waals surface area contributed by atoms with Crippen LogP contribution in [0.2, 0.25) is 0 Å². The fourth-order valence-corrected chi connectivity index (χ4v) is 3.53. The molecule has 0 aliphatic rings. The largest absolute Gasteiger partial charge is 0.452 e. The number of nitrogens with zero attached hydrogens (tertiary/aromatic N) is 1. The normalized spacial score (nSPS) is 11.9. The molecule has 0 bridgehead atoms. The lowest BCUT2D eigenvalue weighted by Gasteiger charge is -2.03. The van der Waals surface area contributed by atoms with Gasteiger partial charge in [0.15, 0.2) is 4.67 Å². The smallest absolute Gasteiger partial charge is 0.244 e. The summed E-state index contributed by atoms with van der Waals surface area (Å²) < 4.78 is 31.9. The summed E-state index contributed by atoms with van der Waals surface area (Å²) in [7, 11) is -3.61. The molecule has 7 nitrogen and oxygen atoms in total. The van der Waals surface area contributed by atoms with Gasteiger partial charge in [0, 0.05) is 30.9 Å². The number of aromatic amines is 1. The molecule has 0 saturated heterocycles. The van der Waals surface area contributed by atoms with E-state index in [1.807, 2.05) is 0 Å². The minimum Gasteiger partial charge on any atom is -0.452 e. The molecule has 0 saturated carbocycles. The van der Waals surface area contributed by atoms with Crippen molar-refractivity contribution >= 4 is 26.0 Å². The molecule has 4 N–H and O–H groups in total. The summed E-state index contributed by atoms with van der Waals surface area (Å²) in [5, 5.41) is 0. The number of hydrogen-bond donors (Lipinski definition) is 3. The molecule has 0 radical (unpaired) electrons. The summed E-state index contributed by atoms with van der Waals surface area (Å²) in [4.78, 5) is 6.81. The van der Waals surface area contributed by atoms with Crippen molar-refractivity contribution in [3.8, 4) is 0 Å². The second kappa shape index (κ2) is 5.87. The average Bonchev–Trinajstić information content (AvgIpc) is 2.98. The summed E-state index contributed by atoms with van der Waals surface area (Å²) in [5.41, 5.74) is 6.26. The van der Waals surface area contributed by atoms with Crippen LogP contribution in [0.5, 0.6) is 0 Å². The van der Waals surface area contributed by atoms with E-state index in [-0.39, 0.29) is 22.7 Å². The van der Waals surface area contributed by atoms with Crippen LogP contribution in [-0.4, -0.2) is 24.9 Å². The van der Waals surface area contributed by atoms with Crippen LogP contribution in [0.3, 0.4) is 0 Å². The third-order valence-corrected chi connectivity index (χ3v) is 4.76. The third-order valence-electron chi connectivity index (χ3n) is 2.44. The molecule has 0 amide bonds. The summed E-state index contributed by atoms with van der Waals surface area (Å²) in [6.07, 6.45) is 3.72. The van der Waals surface area contributed by atoms with Crippen molar-refractivity contribution in [1.82, 2.24) is 14.7 Å². The molecule has 0 fully saturated rings. The molecule has 2 heterocycles. The Labute approximate surface area is 118 Å². The number of H-pyrrole nitrogens is 1. The second-order valence-electron chi connectivity index (χ2n) is 3.78. The van der Waals surface area contributed by atoms with Gasteiger partial charge in [0.1, 0.15) is 10.7 Å². The van der Waals surface area contributed by atoms with E-state index in [1.165, 1.54) is 6.07 Å². The molecule has 2 aromatic heterocycles. The van der Waals surface area contributed by atoms with E-state index in [2.05, 4.69) is 30.6 Å². The zero-order chi connectivity index (χ0) is 13.9. The van der Waals surface area contributed by atoms with Crippen LogP contribution >= 0.6 is 15.9 Å². The van der Waals surface area contributed by atoms with Crippen molar-refractivity contribution in [2.75, 3.05) is 6.54 Å². The van der Waals surface area contributed by atoms with Gasteiger partial charge in [0.2, 0.25) is 10.0 Å². The van der Waals surface area contributed by atoms with Gasteiger partial charge in [-0.25, -0.2) is 18.1 Å². The van der Waals surface area contributed by atoms with Crippen molar-refractivity contribution < 1.29 is 12.8 Å². The molecule has 0 aliphatic carbocycles. The first-order chi connectivity index (χ1) is 9.03. The van der Waals surface area contributed by atoms with Crippen molar-refractivity contribution in [2.24, 2.45) is 5.73 Å². The maximum Gasteiger partial charge on any atom is 0.244 e. The lowest BCUT2D eigenvalue weighted by molar-refractivity contribution is 0.483. The number of rotatable bonds is 6. The van der Waals surface area contributed by atoms with E-state index < -0.39 is 10.0 Å². The Hall–Kier alpha value is -1.16. The second-order valence-corrected chi connectivity index (χ2v) is 6.24. The minimum atomic E-state index is -3.61. The molecule has 104 valence electrons. The topological polar surface area (TPSA) is 114 Å². The van der Waals surface area contributed by atoms with Crippen molar-refractivity contribution in [2.45, 2.75) is 17.9 Å². The summed E-state index contributed by atoms with van der Waals surface area (Å²) in [6.45, 7) is 0.405. The van der Waals surface area contributed by atoms with Gasteiger partial charge in [-0.2, -0.15) is 0 Å². The van der Waals surface area contributed by atoms with Gasteiger partial charge in [-0.05, 0) is 15.9 Å². The highest BCUT2D eigenvalue weighted by Gasteiger charge is 2.21. The van der Waals surface area contributed by atoms with Crippen LogP contribution in [0.15, 0.2) is 32.6 Å². The standard InChI is InChI=1S/C10H13BrN4O3S/c11-10-9(3-8(4-12)18-10)19(16,17)15-2-1-7-5-13-6-14-7/h3,5-6,15H,1-2,4,12H2,(H,13,14). The number of furan rings is 1. The molecule has 9 heteroatoms. The van der Waals surface area contributed by atoms with Gasteiger partial charge >= 0.3 is 0 Å². The zero-order valence-corrected chi connectivity index (χ0v) is 12.3. The Morgan fingerprint density at radius 1 is 1.53 bits per heavy atom. The molecule has 0 aromatic carbocycles. The Balaban J connectivity index is 2.03. The minimum absolute atomic E-state index is 0.0533. The molecule has 2 rings (SSSR count). The van der Waals surface area contributed by atoms with E-state index in [4.69, 9.17) is 10.2 Å². The van der Waals surface area contributed by atoms with Crippen molar-refractivity contribution in [1.29, 1.82) is 0 Å². The number of halogens is 1. The Morgan fingerprint density at radius 3 is 2.89 bits per heavy atom. The van der Waals surface area contributed by atoms with E-state index in [0.717, 1.165) is 5.69 Å². The first-order valence-electron chi connectivity index (χ1n) is 5.48. The number of hydrogen-bond acceptors (Lipinski definition) is 5. The number of nitrogens with one attached hydrogen (secondary N) is 2. The van der Waals surface area contributed by atoms with Crippen LogP contribution in [-0.2, 0) is 23.0 Å². The summed E-state index contributed by atoms with van der Waals surface area (Å²) in [6, 6.07) is 1.41. The van der Waals surface area contributed by atoms with E-state index in [9.17, 15) is 8.42 Å². The Morgan fingerprint density at radius 2 is 2.32 bits per heavy atom. The maximum absolute atomic E-state index is 12.0. The highest BCUT2D eigenvalue weighted by Crippen LogP contribution is 2.25. The quantitative estimate of drug-likeness (QED) is 0.712. The lowest BCUT2D eigenvalue weighted by Crippen LogP contribution is -2.26. The van der Waals surface area contributed by atoms with E-state index in [0.29, 0.717) is 12.2 Å². The highest BCUT2D eigenvalue weighted by molar-refractivity contribution is 9.10. The number of aromatic nitrogens is 2. The summed E-state index contributed by atoms with van der Waals surface area (Å²) >= 11 is 3.07. The van der Waals surface area contributed by atoms with Crippen LogP contribution in [0.4, 0.5) is 0 Å². The SMILES string of the molecule is NCc1cc(S(=O)(=O)NCCc2cnc[nH]2)c(Br)o1. The summed E-state index contributed by atoms with van der Waals surface area (Å²) in [5.74, 6) is 0.404. The number of imidazole rings is 1. The van der Waals surface area contributed by atoms with Crippen LogP contribution < -0.4 is 10.5 Å². The fourth-order valence-electron chi connectivity index (χ4n) is 1.50. The van der Waals surface area contributed by atoms with Gasteiger partial charge in [0.05, 0.1) is 12.9 Å². The molecule has 19 heavy (non-hydrogen) atoms.